The third-order valence-electron chi connectivity index (χ3n) is 2.79. The second-order valence-electron chi connectivity index (χ2n) is 4.36. The summed E-state index contributed by atoms with van der Waals surface area (Å²) in [5.74, 6) is 0. The Morgan fingerprint density at radius 1 is 0.889 bits per heavy atom. The van der Waals surface area contributed by atoms with E-state index < -0.39 is 9.84 Å². The molecule has 94 valence electrons. The lowest BCUT2D eigenvalue weighted by Gasteiger charge is -2.08. The molecule has 0 unspecified atom stereocenters. The van der Waals surface area contributed by atoms with Crippen LogP contribution in [0.3, 0.4) is 0 Å². The van der Waals surface area contributed by atoms with Crippen molar-refractivity contribution in [1.82, 2.24) is 0 Å². The Bertz CT molecular complexity index is 673. The second kappa shape index (κ2) is 4.46. The lowest BCUT2D eigenvalue weighted by atomic mass is 10.2. The number of aryl methyl sites for hydroxylation is 2. The first-order valence-corrected chi connectivity index (χ1v) is 7.07. The molecule has 0 aliphatic rings. The summed E-state index contributed by atoms with van der Waals surface area (Å²) in [4.78, 5) is 0.431. The topological polar surface area (TPSA) is 60.2 Å². The van der Waals surface area contributed by atoms with Crippen LogP contribution in [-0.4, -0.2) is 8.42 Å². The molecule has 0 heterocycles. The quantitative estimate of drug-likeness (QED) is 0.845. The van der Waals surface area contributed by atoms with E-state index in [0.29, 0.717) is 0 Å². The summed E-state index contributed by atoms with van der Waals surface area (Å²) in [5.41, 5.74) is 8.04. The monoisotopic (exact) mass is 261 g/mol. The number of nitrogen functional groups attached to an aromatic ring is 1. The highest BCUT2D eigenvalue weighted by Crippen LogP contribution is 2.26. The molecule has 0 aliphatic heterocycles. The summed E-state index contributed by atoms with van der Waals surface area (Å²) in [6.45, 7) is 3.79. The van der Waals surface area contributed by atoms with Gasteiger partial charge >= 0.3 is 0 Å². The maximum absolute atomic E-state index is 12.4. The Hall–Kier alpha value is -1.81. The number of anilines is 1. The zero-order valence-corrected chi connectivity index (χ0v) is 11.2. The van der Waals surface area contributed by atoms with Crippen LogP contribution in [0.5, 0.6) is 0 Å². The zero-order valence-electron chi connectivity index (χ0n) is 10.3. The third kappa shape index (κ3) is 2.24. The summed E-state index contributed by atoms with van der Waals surface area (Å²) in [6, 6.07) is 11.7. The van der Waals surface area contributed by atoms with Gasteiger partial charge in [0.1, 0.15) is 0 Å². The molecule has 0 bridgehead atoms. The van der Waals surface area contributed by atoms with E-state index in [-0.39, 0.29) is 15.5 Å². The first kappa shape index (κ1) is 12.6. The van der Waals surface area contributed by atoms with Crippen molar-refractivity contribution in [1.29, 1.82) is 0 Å². The molecular weight excluding hydrogens is 246 g/mol. The molecular formula is C14H15NO2S. The number of nitrogens with two attached hydrogens (primary N) is 1. The highest BCUT2D eigenvalue weighted by molar-refractivity contribution is 7.91. The first-order chi connectivity index (χ1) is 8.41. The van der Waals surface area contributed by atoms with Crippen molar-refractivity contribution in [2.45, 2.75) is 23.6 Å². The van der Waals surface area contributed by atoms with E-state index in [9.17, 15) is 8.42 Å². The van der Waals surface area contributed by atoms with Crippen LogP contribution in [-0.2, 0) is 9.84 Å². The molecule has 0 saturated heterocycles. The highest BCUT2D eigenvalue weighted by atomic mass is 32.2. The second-order valence-corrected chi connectivity index (χ2v) is 6.28. The SMILES string of the molecule is Cc1ccc(S(=O)(=O)c2ccc(C)cc2N)cc1. The smallest absolute Gasteiger partial charge is 0.208 e. The van der Waals surface area contributed by atoms with E-state index in [2.05, 4.69) is 0 Å². The van der Waals surface area contributed by atoms with Gasteiger partial charge in [-0.05, 0) is 43.7 Å². The van der Waals surface area contributed by atoms with Gasteiger partial charge < -0.3 is 5.73 Å². The lowest BCUT2D eigenvalue weighted by Crippen LogP contribution is -2.05. The van der Waals surface area contributed by atoms with Gasteiger partial charge in [-0.25, -0.2) is 8.42 Å². The van der Waals surface area contributed by atoms with E-state index in [1.807, 2.05) is 13.8 Å². The van der Waals surface area contributed by atoms with Crippen molar-refractivity contribution >= 4 is 15.5 Å². The predicted octanol–water partition coefficient (Wildman–Crippen LogP) is 2.72. The average molecular weight is 261 g/mol. The van der Waals surface area contributed by atoms with Crippen LogP contribution < -0.4 is 5.73 Å². The molecule has 2 rings (SSSR count). The molecule has 0 saturated carbocycles. The van der Waals surface area contributed by atoms with Crippen molar-refractivity contribution in [3.8, 4) is 0 Å². The minimum Gasteiger partial charge on any atom is -0.398 e. The van der Waals surface area contributed by atoms with E-state index in [1.165, 1.54) is 0 Å². The van der Waals surface area contributed by atoms with E-state index in [1.54, 1.807) is 42.5 Å². The molecule has 0 atom stereocenters. The Morgan fingerprint density at radius 3 is 2.00 bits per heavy atom. The Balaban J connectivity index is 2.58. The Labute approximate surface area is 107 Å². The van der Waals surface area contributed by atoms with Crippen LogP contribution in [0.15, 0.2) is 52.3 Å². The largest absolute Gasteiger partial charge is 0.398 e. The summed E-state index contributed by atoms with van der Waals surface area (Å²) >= 11 is 0. The van der Waals surface area contributed by atoms with E-state index >= 15 is 0 Å². The Kier molecular flexibility index (Phi) is 3.13. The Morgan fingerprint density at radius 2 is 1.44 bits per heavy atom. The van der Waals surface area contributed by atoms with Gasteiger partial charge in [0.25, 0.3) is 0 Å². The summed E-state index contributed by atoms with van der Waals surface area (Å²) in [7, 11) is -3.53. The third-order valence-corrected chi connectivity index (χ3v) is 4.63. The van der Waals surface area contributed by atoms with Crippen LogP contribution in [0.2, 0.25) is 0 Å². The van der Waals surface area contributed by atoms with Crippen molar-refractivity contribution in [2.75, 3.05) is 5.73 Å². The van der Waals surface area contributed by atoms with Crippen molar-refractivity contribution in [3.05, 3.63) is 53.6 Å². The molecule has 18 heavy (non-hydrogen) atoms. The number of benzene rings is 2. The fourth-order valence-corrected chi connectivity index (χ4v) is 3.12. The average Bonchev–Trinajstić information content (AvgIpc) is 2.29. The molecule has 0 aliphatic carbocycles. The standard InChI is InChI=1S/C14H15NO2S/c1-10-3-6-12(7-4-10)18(16,17)14-8-5-11(2)9-13(14)15/h3-9H,15H2,1-2H3. The van der Waals surface area contributed by atoms with Gasteiger partial charge in [-0.2, -0.15) is 0 Å². The highest BCUT2D eigenvalue weighted by Gasteiger charge is 2.19. The minimum atomic E-state index is -3.53. The maximum Gasteiger partial charge on any atom is 0.208 e. The van der Waals surface area contributed by atoms with Crippen LogP contribution in [0.1, 0.15) is 11.1 Å². The van der Waals surface area contributed by atoms with Gasteiger partial charge in [0.2, 0.25) is 9.84 Å². The molecule has 4 heteroatoms. The molecule has 3 nitrogen and oxygen atoms in total. The fourth-order valence-electron chi connectivity index (χ4n) is 1.76. The normalized spacial score (nSPS) is 11.4. The predicted molar refractivity (Wildman–Crippen MR) is 72.2 cm³/mol. The molecule has 2 aromatic rings. The molecule has 2 aromatic carbocycles. The molecule has 0 fully saturated rings. The fraction of sp³-hybridized carbons (Fsp3) is 0.143. The maximum atomic E-state index is 12.4. The van der Waals surface area contributed by atoms with Gasteiger partial charge in [0.05, 0.1) is 15.5 Å². The number of hydrogen-bond acceptors (Lipinski definition) is 3. The van der Waals surface area contributed by atoms with Crippen molar-refractivity contribution < 1.29 is 8.42 Å². The summed E-state index contributed by atoms with van der Waals surface area (Å²) < 4.78 is 24.8. The van der Waals surface area contributed by atoms with Crippen molar-refractivity contribution in [2.24, 2.45) is 0 Å². The van der Waals surface area contributed by atoms with Crippen LogP contribution in [0, 0.1) is 13.8 Å². The lowest BCUT2D eigenvalue weighted by molar-refractivity contribution is 0.596. The molecule has 0 aromatic heterocycles. The first-order valence-electron chi connectivity index (χ1n) is 5.59. The van der Waals surface area contributed by atoms with E-state index in [0.717, 1.165) is 11.1 Å². The van der Waals surface area contributed by atoms with Gasteiger partial charge in [0.15, 0.2) is 0 Å². The number of hydrogen-bond donors (Lipinski definition) is 1. The number of rotatable bonds is 2. The van der Waals surface area contributed by atoms with Gasteiger partial charge in [-0.3, -0.25) is 0 Å². The molecule has 0 amide bonds. The van der Waals surface area contributed by atoms with Crippen LogP contribution >= 0.6 is 0 Å². The van der Waals surface area contributed by atoms with E-state index in [4.69, 9.17) is 5.73 Å². The van der Waals surface area contributed by atoms with Gasteiger partial charge in [-0.1, -0.05) is 23.8 Å². The molecule has 0 spiro atoms. The number of sulfone groups is 1. The summed E-state index contributed by atoms with van der Waals surface area (Å²) in [5, 5.41) is 0. The molecule has 0 radical (unpaired) electrons. The molecule has 2 N–H and O–H groups in total. The van der Waals surface area contributed by atoms with Crippen LogP contribution in [0.25, 0.3) is 0 Å². The van der Waals surface area contributed by atoms with Gasteiger partial charge in [0, 0.05) is 0 Å². The van der Waals surface area contributed by atoms with Crippen LogP contribution in [0.4, 0.5) is 5.69 Å². The van der Waals surface area contributed by atoms with Gasteiger partial charge in [-0.15, -0.1) is 0 Å². The minimum absolute atomic E-state index is 0.164. The zero-order chi connectivity index (χ0) is 13.3. The van der Waals surface area contributed by atoms with Crippen molar-refractivity contribution in [3.63, 3.8) is 0 Å². The summed E-state index contributed by atoms with van der Waals surface area (Å²) in [6.07, 6.45) is 0.